The summed E-state index contributed by atoms with van der Waals surface area (Å²) in [5.74, 6) is 0.743. The van der Waals surface area contributed by atoms with Crippen molar-refractivity contribution in [1.82, 2.24) is 14.1 Å². The fourth-order valence-corrected chi connectivity index (χ4v) is 3.70. The van der Waals surface area contributed by atoms with Crippen molar-refractivity contribution in [3.8, 4) is 17.0 Å². The standard InChI is InChI=1S/C19H21N3O4/c1-19(2)10-26-9-13-15-14(17(23)21(3)18(24)20-15)16(22(13)19)11-5-7-12(25-4)8-6-11/h5-8H,9-10H2,1-4H3,(H,20,24). The summed E-state index contributed by atoms with van der Waals surface area (Å²) in [7, 11) is 3.10. The SMILES string of the molecule is COc1ccc(-c2c3c(=O)n(C)c(=O)[nH]c3c3n2C(C)(C)COC3)cc1. The van der Waals surface area contributed by atoms with E-state index in [0.717, 1.165) is 27.3 Å². The van der Waals surface area contributed by atoms with Gasteiger partial charge in [-0.1, -0.05) is 0 Å². The zero-order chi connectivity index (χ0) is 18.6. The summed E-state index contributed by atoms with van der Waals surface area (Å²) in [5, 5.41) is 0.505. The van der Waals surface area contributed by atoms with Crippen LogP contribution in [0.15, 0.2) is 33.9 Å². The molecule has 0 spiro atoms. The van der Waals surface area contributed by atoms with Gasteiger partial charge < -0.3 is 19.0 Å². The van der Waals surface area contributed by atoms with Gasteiger partial charge in [0.1, 0.15) is 5.75 Å². The van der Waals surface area contributed by atoms with Crippen LogP contribution < -0.4 is 16.0 Å². The molecule has 0 radical (unpaired) electrons. The van der Waals surface area contributed by atoms with Gasteiger partial charge in [-0.3, -0.25) is 9.36 Å². The molecule has 1 aliphatic heterocycles. The zero-order valence-corrected chi connectivity index (χ0v) is 15.3. The van der Waals surface area contributed by atoms with Crippen LogP contribution in [-0.4, -0.2) is 27.8 Å². The van der Waals surface area contributed by atoms with Gasteiger partial charge in [-0.2, -0.15) is 0 Å². The number of aromatic nitrogens is 3. The highest BCUT2D eigenvalue weighted by Crippen LogP contribution is 2.39. The number of nitrogens with one attached hydrogen (secondary N) is 1. The number of ether oxygens (including phenoxy) is 2. The number of hydrogen-bond donors (Lipinski definition) is 1. The molecule has 0 saturated carbocycles. The maximum absolute atomic E-state index is 13.0. The van der Waals surface area contributed by atoms with E-state index < -0.39 is 5.69 Å². The van der Waals surface area contributed by atoms with Gasteiger partial charge in [0.05, 0.1) is 48.2 Å². The van der Waals surface area contributed by atoms with E-state index >= 15 is 0 Å². The molecule has 0 unspecified atom stereocenters. The predicted octanol–water partition coefficient (Wildman–Crippen LogP) is 1.97. The maximum Gasteiger partial charge on any atom is 0.328 e. The lowest BCUT2D eigenvalue weighted by Crippen LogP contribution is -2.37. The first kappa shape index (κ1) is 16.7. The summed E-state index contributed by atoms with van der Waals surface area (Å²) in [6.45, 7) is 4.99. The highest BCUT2D eigenvalue weighted by molar-refractivity contribution is 5.96. The number of methoxy groups -OCH3 is 1. The summed E-state index contributed by atoms with van der Waals surface area (Å²) >= 11 is 0. The van der Waals surface area contributed by atoms with Crippen LogP contribution in [0.1, 0.15) is 19.5 Å². The lowest BCUT2D eigenvalue weighted by Gasteiger charge is -2.35. The van der Waals surface area contributed by atoms with E-state index in [1.54, 1.807) is 7.11 Å². The number of fused-ring (bicyclic) bond motifs is 3. The zero-order valence-electron chi connectivity index (χ0n) is 15.3. The lowest BCUT2D eigenvalue weighted by molar-refractivity contribution is 0.0229. The van der Waals surface area contributed by atoms with Gasteiger partial charge >= 0.3 is 5.69 Å². The van der Waals surface area contributed by atoms with Gasteiger partial charge in [-0.15, -0.1) is 0 Å². The molecule has 4 rings (SSSR count). The molecule has 0 atom stereocenters. The minimum Gasteiger partial charge on any atom is -0.497 e. The van der Waals surface area contributed by atoms with Crippen LogP contribution in [0.25, 0.3) is 22.2 Å². The van der Waals surface area contributed by atoms with Gasteiger partial charge in [0.15, 0.2) is 0 Å². The number of nitrogens with zero attached hydrogens (tertiary/aromatic N) is 2. The Hall–Kier alpha value is -2.80. The van der Waals surface area contributed by atoms with Crippen LogP contribution in [0, 0.1) is 0 Å². The molecule has 3 heterocycles. The van der Waals surface area contributed by atoms with Crippen molar-refractivity contribution >= 4 is 10.9 Å². The summed E-state index contributed by atoms with van der Waals surface area (Å²) in [6.07, 6.45) is 0. The molecule has 7 heteroatoms. The lowest BCUT2D eigenvalue weighted by atomic mass is 10.0. The van der Waals surface area contributed by atoms with Gasteiger partial charge in [0, 0.05) is 7.05 Å². The van der Waals surface area contributed by atoms with Crippen LogP contribution >= 0.6 is 0 Å². The Kier molecular flexibility index (Phi) is 3.59. The highest BCUT2D eigenvalue weighted by Gasteiger charge is 2.34. The average molecular weight is 355 g/mol. The van der Waals surface area contributed by atoms with Crippen molar-refractivity contribution in [2.75, 3.05) is 13.7 Å². The first-order chi connectivity index (χ1) is 12.3. The quantitative estimate of drug-likeness (QED) is 0.762. The molecule has 3 aromatic rings. The molecule has 1 aromatic carbocycles. The molecule has 0 saturated heterocycles. The van der Waals surface area contributed by atoms with Crippen molar-refractivity contribution in [1.29, 1.82) is 0 Å². The predicted molar refractivity (Wildman–Crippen MR) is 98.8 cm³/mol. The van der Waals surface area contributed by atoms with E-state index in [9.17, 15) is 9.59 Å². The van der Waals surface area contributed by atoms with Crippen LogP contribution in [-0.2, 0) is 23.9 Å². The average Bonchev–Trinajstić information content (AvgIpc) is 2.95. The molecule has 0 bridgehead atoms. The topological polar surface area (TPSA) is 78.3 Å². The number of rotatable bonds is 2. The fourth-order valence-electron chi connectivity index (χ4n) is 3.70. The van der Waals surface area contributed by atoms with Gasteiger partial charge in [-0.05, 0) is 43.7 Å². The van der Waals surface area contributed by atoms with Crippen molar-refractivity contribution < 1.29 is 9.47 Å². The second-order valence-corrected chi connectivity index (χ2v) is 7.21. The molecule has 0 fully saturated rings. The third-order valence-electron chi connectivity index (χ3n) is 4.99. The van der Waals surface area contributed by atoms with Gasteiger partial charge in [0.2, 0.25) is 0 Å². The van der Waals surface area contributed by atoms with Crippen molar-refractivity contribution in [3.63, 3.8) is 0 Å². The van der Waals surface area contributed by atoms with Crippen LogP contribution in [0.3, 0.4) is 0 Å². The summed E-state index contributed by atoms with van der Waals surface area (Å²) in [6, 6.07) is 7.58. The Bertz CT molecular complexity index is 1120. The smallest absolute Gasteiger partial charge is 0.328 e. The Morgan fingerprint density at radius 3 is 2.54 bits per heavy atom. The summed E-state index contributed by atoms with van der Waals surface area (Å²) < 4.78 is 14.2. The largest absolute Gasteiger partial charge is 0.497 e. The van der Waals surface area contributed by atoms with E-state index in [1.807, 2.05) is 24.3 Å². The third kappa shape index (κ3) is 2.24. The molecular weight excluding hydrogens is 334 g/mol. The first-order valence-electron chi connectivity index (χ1n) is 8.44. The molecule has 1 N–H and O–H groups in total. The van der Waals surface area contributed by atoms with E-state index in [0.29, 0.717) is 24.1 Å². The normalized spacial score (nSPS) is 15.8. The van der Waals surface area contributed by atoms with Crippen molar-refractivity contribution in [2.45, 2.75) is 26.0 Å². The van der Waals surface area contributed by atoms with Gasteiger partial charge in [0.25, 0.3) is 5.56 Å². The molecule has 7 nitrogen and oxygen atoms in total. The highest BCUT2D eigenvalue weighted by atomic mass is 16.5. The monoisotopic (exact) mass is 355 g/mol. The number of aromatic amines is 1. The molecule has 26 heavy (non-hydrogen) atoms. The van der Waals surface area contributed by atoms with Crippen LogP contribution in [0.2, 0.25) is 0 Å². The van der Waals surface area contributed by atoms with E-state index in [1.165, 1.54) is 7.05 Å². The Morgan fingerprint density at radius 2 is 1.88 bits per heavy atom. The molecule has 2 aromatic heterocycles. The minimum atomic E-state index is -0.430. The second-order valence-electron chi connectivity index (χ2n) is 7.21. The molecule has 1 aliphatic rings. The van der Waals surface area contributed by atoms with Crippen molar-refractivity contribution in [3.05, 3.63) is 50.8 Å². The Labute approximate surface area is 149 Å². The van der Waals surface area contributed by atoms with Gasteiger partial charge in [-0.25, -0.2) is 4.79 Å². The van der Waals surface area contributed by atoms with Crippen LogP contribution in [0.4, 0.5) is 0 Å². The number of H-pyrrole nitrogens is 1. The van der Waals surface area contributed by atoms with Crippen LogP contribution in [0.5, 0.6) is 5.75 Å². The van der Waals surface area contributed by atoms with E-state index in [2.05, 4.69) is 23.4 Å². The fraction of sp³-hybridized carbons (Fsp3) is 0.368. The van der Waals surface area contributed by atoms with Crippen molar-refractivity contribution in [2.24, 2.45) is 7.05 Å². The minimum absolute atomic E-state index is 0.313. The Morgan fingerprint density at radius 1 is 1.19 bits per heavy atom. The first-order valence-corrected chi connectivity index (χ1v) is 8.44. The second kappa shape index (κ2) is 5.60. The number of hydrogen-bond acceptors (Lipinski definition) is 4. The Balaban J connectivity index is 2.18. The third-order valence-corrected chi connectivity index (χ3v) is 4.99. The summed E-state index contributed by atoms with van der Waals surface area (Å²) in [4.78, 5) is 28.0. The summed E-state index contributed by atoms with van der Waals surface area (Å²) in [5.41, 5.74) is 1.95. The molecular formula is C19H21N3O4. The molecule has 136 valence electrons. The maximum atomic E-state index is 13.0. The molecule has 0 amide bonds. The van der Waals surface area contributed by atoms with E-state index in [4.69, 9.17) is 9.47 Å². The molecule has 0 aliphatic carbocycles. The van der Waals surface area contributed by atoms with E-state index in [-0.39, 0.29) is 11.1 Å². The number of benzene rings is 1.